The van der Waals surface area contributed by atoms with E-state index in [1.165, 1.54) is 23.1 Å². The van der Waals surface area contributed by atoms with E-state index in [4.69, 9.17) is 26.8 Å². The van der Waals surface area contributed by atoms with E-state index in [-0.39, 0.29) is 34.5 Å². The summed E-state index contributed by atoms with van der Waals surface area (Å²) in [6.45, 7) is 5.11. The molecule has 34 heavy (non-hydrogen) atoms. The molecule has 2 amide bonds. The zero-order valence-corrected chi connectivity index (χ0v) is 19.8. The second-order valence-electron chi connectivity index (χ2n) is 8.13. The van der Waals surface area contributed by atoms with Crippen LogP contribution in [0.3, 0.4) is 0 Å². The maximum Gasteiger partial charge on any atom is 0.257 e. The molecule has 2 atom stereocenters. The summed E-state index contributed by atoms with van der Waals surface area (Å²) in [5.41, 5.74) is 5.37. The molecule has 2 aromatic rings. The topological polar surface area (TPSA) is 93.9 Å². The molecule has 10 heteroatoms. The Bertz CT molecular complexity index is 1050. The van der Waals surface area contributed by atoms with Gasteiger partial charge in [0, 0.05) is 37.2 Å². The van der Waals surface area contributed by atoms with Crippen molar-refractivity contribution in [2.45, 2.75) is 38.8 Å². The van der Waals surface area contributed by atoms with E-state index < -0.39 is 29.5 Å². The van der Waals surface area contributed by atoms with Gasteiger partial charge in [0.25, 0.3) is 5.91 Å². The highest BCUT2D eigenvalue weighted by Gasteiger charge is 2.25. The van der Waals surface area contributed by atoms with Gasteiger partial charge in [-0.25, -0.2) is 8.78 Å². The second-order valence-corrected chi connectivity index (χ2v) is 8.53. The summed E-state index contributed by atoms with van der Waals surface area (Å²) >= 11 is 6.22. The maximum atomic E-state index is 15.5. The van der Waals surface area contributed by atoms with Crippen LogP contribution in [0, 0.1) is 11.6 Å². The Balaban J connectivity index is 1.86. The molecule has 0 aliphatic carbocycles. The zero-order chi connectivity index (χ0) is 24.8. The fourth-order valence-corrected chi connectivity index (χ4v) is 4.01. The third kappa shape index (κ3) is 6.22. The molecule has 184 valence electrons. The maximum absolute atomic E-state index is 15.5. The molecule has 1 aliphatic heterocycles. The predicted octanol–water partition coefficient (Wildman–Crippen LogP) is 4.19. The van der Waals surface area contributed by atoms with Crippen LogP contribution in [0.5, 0.6) is 11.5 Å². The number of morpholine rings is 1. The molecule has 3 rings (SSSR count). The summed E-state index contributed by atoms with van der Waals surface area (Å²) in [6.07, 6.45) is 0.625. The first kappa shape index (κ1) is 25.9. The van der Waals surface area contributed by atoms with Gasteiger partial charge in [-0.15, -0.1) is 0 Å². The number of rotatable bonds is 9. The minimum atomic E-state index is -0.706. The number of nitrogens with two attached hydrogens (primary N) is 1. The number of primary amides is 1. The van der Waals surface area contributed by atoms with Gasteiger partial charge in [0.15, 0.2) is 11.6 Å². The van der Waals surface area contributed by atoms with E-state index in [2.05, 4.69) is 5.32 Å². The number of hydrogen-bond acceptors (Lipinski definition) is 5. The quantitative estimate of drug-likeness (QED) is 0.544. The number of carbonyl (C=O) groups is 2. The highest BCUT2D eigenvalue weighted by molar-refractivity contribution is 6.32. The Labute approximate surface area is 202 Å². The van der Waals surface area contributed by atoms with E-state index in [0.29, 0.717) is 38.3 Å². The fraction of sp³-hybridized carbons (Fsp3) is 0.417. The van der Waals surface area contributed by atoms with Gasteiger partial charge < -0.3 is 25.4 Å². The summed E-state index contributed by atoms with van der Waals surface area (Å²) < 4.78 is 40.9. The predicted molar refractivity (Wildman–Crippen MR) is 124 cm³/mol. The van der Waals surface area contributed by atoms with E-state index in [9.17, 15) is 14.0 Å². The molecule has 0 unspecified atom stereocenters. The molecule has 7 nitrogen and oxygen atoms in total. The number of hydrogen-bond donors (Lipinski definition) is 2. The number of ether oxygens (including phenoxy) is 2. The summed E-state index contributed by atoms with van der Waals surface area (Å²) in [6, 6.07) is 5.98. The van der Waals surface area contributed by atoms with E-state index in [1.807, 2.05) is 6.92 Å². The first-order chi connectivity index (χ1) is 16.2. The van der Waals surface area contributed by atoms with Crippen LogP contribution in [-0.2, 0) is 9.53 Å². The third-order valence-corrected chi connectivity index (χ3v) is 5.84. The van der Waals surface area contributed by atoms with E-state index >= 15 is 4.39 Å². The molecule has 1 heterocycles. The summed E-state index contributed by atoms with van der Waals surface area (Å²) in [4.78, 5) is 25.4. The molecule has 3 N–H and O–H groups in total. The SMILES string of the molecule is CC[C@@H](N[C@@H](C)CC(N)=O)c1ccc(Cl)c(Oc2ccc(F)c(C(=O)N3CCOCC3)c2)c1F. The lowest BCUT2D eigenvalue weighted by molar-refractivity contribution is -0.118. The number of nitrogens with zero attached hydrogens (tertiary/aromatic N) is 1. The Morgan fingerprint density at radius 1 is 1.24 bits per heavy atom. The average molecular weight is 496 g/mol. The fourth-order valence-electron chi connectivity index (χ4n) is 3.83. The highest BCUT2D eigenvalue weighted by atomic mass is 35.5. The van der Waals surface area contributed by atoms with Gasteiger partial charge in [-0.05, 0) is 37.6 Å². The van der Waals surface area contributed by atoms with Crippen LogP contribution in [0.2, 0.25) is 5.02 Å². The number of amides is 2. The Kier molecular flexibility index (Phi) is 8.82. The normalized spacial score (nSPS) is 15.6. The molecule has 1 aliphatic rings. The van der Waals surface area contributed by atoms with Crippen LogP contribution in [-0.4, -0.2) is 49.1 Å². The Morgan fingerprint density at radius 3 is 2.59 bits per heavy atom. The van der Waals surface area contributed by atoms with Gasteiger partial charge in [-0.3, -0.25) is 9.59 Å². The summed E-state index contributed by atoms with van der Waals surface area (Å²) in [5, 5.41) is 3.20. The molecular weight excluding hydrogens is 468 g/mol. The molecule has 0 spiro atoms. The third-order valence-electron chi connectivity index (χ3n) is 5.54. The van der Waals surface area contributed by atoms with Crippen molar-refractivity contribution < 1.29 is 27.8 Å². The van der Waals surface area contributed by atoms with Crippen LogP contribution in [0.15, 0.2) is 30.3 Å². The Hall–Kier alpha value is -2.75. The molecule has 0 bridgehead atoms. The molecule has 2 aromatic carbocycles. The minimum absolute atomic E-state index is 0.0201. The van der Waals surface area contributed by atoms with Gasteiger partial charge in [0.05, 0.1) is 23.8 Å². The van der Waals surface area contributed by atoms with Gasteiger partial charge in [-0.1, -0.05) is 24.6 Å². The van der Waals surface area contributed by atoms with Crippen LogP contribution in [0.25, 0.3) is 0 Å². The van der Waals surface area contributed by atoms with Crippen molar-refractivity contribution in [3.8, 4) is 11.5 Å². The van der Waals surface area contributed by atoms with Crippen LogP contribution in [0.4, 0.5) is 8.78 Å². The molecule has 1 fully saturated rings. The van der Waals surface area contributed by atoms with Crippen molar-refractivity contribution in [2.75, 3.05) is 26.3 Å². The van der Waals surface area contributed by atoms with Crippen LogP contribution >= 0.6 is 11.6 Å². The monoisotopic (exact) mass is 495 g/mol. The van der Waals surface area contributed by atoms with Crippen LogP contribution < -0.4 is 15.8 Å². The number of halogens is 3. The van der Waals surface area contributed by atoms with Crippen LogP contribution in [0.1, 0.15) is 48.7 Å². The number of benzene rings is 2. The van der Waals surface area contributed by atoms with Gasteiger partial charge in [0.2, 0.25) is 5.91 Å². The lowest BCUT2D eigenvalue weighted by atomic mass is 10.0. The lowest BCUT2D eigenvalue weighted by Gasteiger charge is -2.27. The molecule has 1 saturated heterocycles. The van der Waals surface area contributed by atoms with E-state index in [0.717, 1.165) is 6.07 Å². The van der Waals surface area contributed by atoms with E-state index in [1.54, 1.807) is 13.0 Å². The van der Waals surface area contributed by atoms with Gasteiger partial charge >= 0.3 is 0 Å². The van der Waals surface area contributed by atoms with Crippen molar-refractivity contribution in [1.82, 2.24) is 10.2 Å². The summed E-state index contributed by atoms with van der Waals surface area (Å²) in [7, 11) is 0. The Morgan fingerprint density at radius 2 is 1.94 bits per heavy atom. The average Bonchev–Trinajstić information content (AvgIpc) is 2.81. The molecule has 0 saturated carbocycles. The molecule has 0 radical (unpaired) electrons. The van der Waals surface area contributed by atoms with Gasteiger partial charge in [-0.2, -0.15) is 0 Å². The van der Waals surface area contributed by atoms with Crippen molar-refractivity contribution in [3.05, 3.63) is 58.1 Å². The first-order valence-corrected chi connectivity index (χ1v) is 11.5. The summed E-state index contributed by atoms with van der Waals surface area (Å²) in [5.74, 6) is -2.52. The highest BCUT2D eigenvalue weighted by Crippen LogP contribution is 2.37. The minimum Gasteiger partial charge on any atom is -0.453 e. The standard InChI is InChI=1S/C24H28ClF2N3O4/c1-3-20(29-14(2)12-21(28)31)16-5-6-18(25)23(22(16)27)34-15-4-7-19(26)17(13-15)24(32)30-8-10-33-11-9-30/h4-7,13-14,20,29H,3,8-12H2,1-2H3,(H2,28,31)/t14-,20+/m0/s1. The van der Waals surface area contributed by atoms with Crippen molar-refractivity contribution >= 4 is 23.4 Å². The number of nitrogens with one attached hydrogen (secondary N) is 1. The van der Waals surface area contributed by atoms with Crippen molar-refractivity contribution in [2.24, 2.45) is 5.73 Å². The smallest absolute Gasteiger partial charge is 0.257 e. The molecule has 0 aromatic heterocycles. The molecular formula is C24H28ClF2N3O4. The zero-order valence-electron chi connectivity index (χ0n) is 19.1. The van der Waals surface area contributed by atoms with Crippen molar-refractivity contribution in [1.29, 1.82) is 0 Å². The number of carbonyl (C=O) groups excluding carboxylic acids is 2. The lowest BCUT2D eigenvalue weighted by Crippen LogP contribution is -2.41. The second kappa shape index (κ2) is 11.6. The first-order valence-electron chi connectivity index (χ1n) is 11.1. The largest absolute Gasteiger partial charge is 0.453 e. The van der Waals surface area contributed by atoms with Crippen molar-refractivity contribution in [3.63, 3.8) is 0 Å². The van der Waals surface area contributed by atoms with Gasteiger partial charge in [0.1, 0.15) is 11.6 Å².